The molecule has 2 aliphatic rings. The van der Waals surface area contributed by atoms with E-state index < -0.39 is 0 Å². The number of hydrogen-bond donors (Lipinski definition) is 1. The topological polar surface area (TPSA) is 106 Å². The first-order valence-electron chi connectivity index (χ1n) is 10.2. The van der Waals surface area contributed by atoms with Gasteiger partial charge in [-0.05, 0) is 31.6 Å². The van der Waals surface area contributed by atoms with E-state index in [1.165, 1.54) is 0 Å². The molecule has 0 amide bonds. The third kappa shape index (κ3) is 4.52. The van der Waals surface area contributed by atoms with Gasteiger partial charge in [-0.1, -0.05) is 12.1 Å². The summed E-state index contributed by atoms with van der Waals surface area (Å²) >= 11 is 0. The van der Waals surface area contributed by atoms with E-state index >= 15 is 0 Å². The molecule has 0 spiro atoms. The maximum absolute atomic E-state index is 5.95. The maximum Gasteiger partial charge on any atom is 0.324 e. The van der Waals surface area contributed by atoms with Crippen molar-refractivity contribution in [2.45, 2.75) is 45.1 Å². The Kier molecular flexibility index (Phi) is 5.90. The number of nitrogens with zero attached hydrogens (tertiary/aromatic N) is 6. The number of nitrogens with two attached hydrogens (primary N) is 1. The second kappa shape index (κ2) is 8.72. The number of anilines is 2. The molecule has 1 unspecified atom stereocenters. The van der Waals surface area contributed by atoms with Crippen LogP contribution in [-0.4, -0.2) is 58.9 Å². The largest absolute Gasteiger partial charge is 0.490 e. The van der Waals surface area contributed by atoms with Crippen LogP contribution in [0.25, 0.3) is 0 Å². The van der Waals surface area contributed by atoms with Crippen molar-refractivity contribution in [2.24, 2.45) is 11.7 Å². The molecule has 0 bridgehead atoms. The van der Waals surface area contributed by atoms with Gasteiger partial charge in [0.25, 0.3) is 0 Å². The summed E-state index contributed by atoms with van der Waals surface area (Å²) in [4.78, 5) is 17.6. The zero-order valence-corrected chi connectivity index (χ0v) is 16.5. The van der Waals surface area contributed by atoms with Crippen molar-refractivity contribution in [3.8, 4) is 5.75 Å². The molecule has 4 rings (SSSR count). The number of ether oxygens (including phenoxy) is 1. The summed E-state index contributed by atoms with van der Waals surface area (Å²) in [6.45, 7) is 6.34. The van der Waals surface area contributed by atoms with Crippen molar-refractivity contribution in [2.75, 3.05) is 42.6 Å². The van der Waals surface area contributed by atoms with Crippen molar-refractivity contribution in [1.29, 1.82) is 0 Å². The van der Waals surface area contributed by atoms with Gasteiger partial charge in [0.2, 0.25) is 5.95 Å². The third-order valence-corrected chi connectivity index (χ3v) is 5.42. The number of piperidine rings is 1. The predicted octanol–water partition coefficient (Wildman–Crippen LogP) is 1.64. The van der Waals surface area contributed by atoms with E-state index in [0.717, 1.165) is 75.8 Å². The molecule has 1 atom stereocenters. The average molecular weight is 387 g/mol. The van der Waals surface area contributed by atoms with Gasteiger partial charge in [0.1, 0.15) is 0 Å². The monoisotopic (exact) mass is 387 g/mol. The molecule has 152 valence electrons. The zero-order valence-electron chi connectivity index (χ0n) is 16.5. The van der Waals surface area contributed by atoms with Crippen LogP contribution in [0.1, 0.15) is 38.4 Å². The molecule has 2 aliphatic heterocycles. The Morgan fingerprint density at radius 3 is 2.57 bits per heavy atom. The number of aryl methyl sites for hydroxylation is 1. The van der Waals surface area contributed by atoms with Gasteiger partial charge >= 0.3 is 6.01 Å². The zero-order chi connectivity index (χ0) is 19.3. The van der Waals surface area contributed by atoms with E-state index in [-0.39, 0.29) is 6.04 Å². The summed E-state index contributed by atoms with van der Waals surface area (Å²) < 4.78 is 11.3. The highest BCUT2D eigenvalue weighted by Gasteiger charge is 2.24. The molecule has 2 aromatic heterocycles. The number of aromatic nitrogens is 4. The minimum Gasteiger partial charge on any atom is -0.490 e. The normalized spacial score (nSPS) is 20.7. The Labute approximate surface area is 165 Å². The highest BCUT2D eigenvalue weighted by atomic mass is 16.5. The molecule has 0 saturated carbocycles. The van der Waals surface area contributed by atoms with Crippen LogP contribution in [0.5, 0.6) is 5.75 Å². The smallest absolute Gasteiger partial charge is 0.324 e. The lowest BCUT2D eigenvalue weighted by molar-refractivity contribution is 0.219. The predicted molar refractivity (Wildman–Crippen MR) is 106 cm³/mol. The van der Waals surface area contributed by atoms with E-state index in [2.05, 4.69) is 36.8 Å². The van der Waals surface area contributed by atoms with Crippen LogP contribution >= 0.6 is 0 Å². The molecule has 0 aliphatic carbocycles. The van der Waals surface area contributed by atoms with Crippen molar-refractivity contribution < 1.29 is 9.26 Å². The van der Waals surface area contributed by atoms with Crippen molar-refractivity contribution >= 4 is 12.0 Å². The Bertz CT molecular complexity index is 743. The van der Waals surface area contributed by atoms with Gasteiger partial charge in [0.15, 0.2) is 11.6 Å². The van der Waals surface area contributed by atoms with E-state index in [1.807, 2.05) is 0 Å². The first-order chi connectivity index (χ1) is 13.7. The van der Waals surface area contributed by atoms with Crippen molar-refractivity contribution in [3.05, 3.63) is 18.2 Å². The van der Waals surface area contributed by atoms with E-state index in [4.69, 9.17) is 15.0 Å². The molecule has 0 radical (unpaired) electrons. The summed E-state index contributed by atoms with van der Waals surface area (Å²) in [6, 6.07) is 0.865. The second-order valence-electron chi connectivity index (χ2n) is 7.70. The minimum absolute atomic E-state index is 0.218. The Morgan fingerprint density at radius 2 is 1.89 bits per heavy atom. The molecule has 2 N–H and O–H groups in total. The van der Waals surface area contributed by atoms with Gasteiger partial charge in [-0.3, -0.25) is 0 Å². The lowest BCUT2D eigenvalue weighted by atomic mass is 9.98. The number of hydrogen-bond acceptors (Lipinski definition) is 9. The third-order valence-electron chi connectivity index (χ3n) is 5.42. The van der Waals surface area contributed by atoms with Crippen molar-refractivity contribution in [1.82, 2.24) is 20.1 Å². The first kappa shape index (κ1) is 18.9. The molecule has 2 saturated heterocycles. The first-order valence-corrected chi connectivity index (χ1v) is 10.2. The standard InChI is InChI=1S/C19H29N7O2/c1-2-3-17-23-19(28-24-17)25-7-4-14(5-8-25)13-27-16-10-21-18(22-11-16)26-9-6-15(20)12-26/h10-11,14-15H,2-9,12-13,20H2,1H3. The highest BCUT2D eigenvalue weighted by Crippen LogP contribution is 2.23. The summed E-state index contributed by atoms with van der Waals surface area (Å²) in [5.41, 5.74) is 5.95. The lowest BCUT2D eigenvalue weighted by Gasteiger charge is -2.30. The molecule has 9 heteroatoms. The van der Waals surface area contributed by atoms with Gasteiger partial charge in [-0.25, -0.2) is 9.97 Å². The maximum atomic E-state index is 5.95. The summed E-state index contributed by atoms with van der Waals surface area (Å²) in [6.07, 6.45) is 8.47. The lowest BCUT2D eigenvalue weighted by Crippen LogP contribution is -2.35. The Balaban J connectivity index is 1.22. The Hall–Kier alpha value is -2.42. The molecule has 28 heavy (non-hydrogen) atoms. The van der Waals surface area contributed by atoms with Crippen LogP contribution in [0.4, 0.5) is 12.0 Å². The van der Waals surface area contributed by atoms with E-state index in [1.54, 1.807) is 12.4 Å². The van der Waals surface area contributed by atoms with Gasteiger partial charge in [0.05, 0.1) is 19.0 Å². The molecular weight excluding hydrogens is 358 g/mol. The molecular formula is C19H29N7O2. The van der Waals surface area contributed by atoms with Gasteiger partial charge in [-0.15, -0.1) is 0 Å². The Morgan fingerprint density at radius 1 is 1.14 bits per heavy atom. The van der Waals surface area contributed by atoms with Crippen LogP contribution in [0.3, 0.4) is 0 Å². The van der Waals surface area contributed by atoms with Gasteiger partial charge < -0.3 is 24.8 Å². The van der Waals surface area contributed by atoms with Crippen LogP contribution in [0.2, 0.25) is 0 Å². The molecule has 4 heterocycles. The van der Waals surface area contributed by atoms with Crippen LogP contribution < -0.4 is 20.3 Å². The van der Waals surface area contributed by atoms with Gasteiger partial charge in [0, 0.05) is 38.6 Å². The minimum atomic E-state index is 0.218. The SMILES string of the molecule is CCCc1noc(N2CCC(COc3cnc(N4CCC(N)C4)nc3)CC2)n1. The van der Waals surface area contributed by atoms with E-state index in [0.29, 0.717) is 18.5 Å². The summed E-state index contributed by atoms with van der Waals surface area (Å²) in [7, 11) is 0. The second-order valence-corrected chi connectivity index (χ2v) is 7.70. The summed E-state index contributed by atoms with van der Waals surface area (Å²) in [5, 5.41) is 4.04. The van der Waals surface area contributed by atoms with Gasteiger partial charge in [-0.2, -0.15) is 4.98 Å². The van der Waals surface area contributed by atoms with Crippen molar-refractivity contribution in [3.63, 3.8) is 0 Å². The molecule has 9 nitrogen and oxygen atoms in total. The van der Waals surface area contributed by atoms with E-state index in [9.17, 15) is 0 Å². The summed E-state index contributed by atoms with van der Waals surface area (Å²) in [5.74, 6) is 2.75. The fraction of sp³-hybridized carbons (Fsp3) is 0.684. The average Bonchev–Trinajstić information content (AvgIpc) is 3.37. The molecule has 2 aromatic rings. The molecule has 0 aromatic carbocycles. The highest BCUT2D eigenvalue weighted by molar-refractivity contribution is 5.33. The quantitative estimate of drug-likeness (QED) is 0.758. The molecule has 2 fully saturated rings. The number of rotatable bonds is 7. The fourth-order valence-electron chi connectivity index (χ4n) is 3.72. The fourth-order valence-corrected chi connectivity index (χ4v) is 3.72. The van der Waals surface area contributed by atoms with Crippen LogP contribution in [0.15, 0.2) is 16.9 Å². The van der Waals surface area contributed by atoms with Crippen LogP contribution in [0, 0.1) is 5.92 Å². The van der Waals surface area contributed by atoms with Crippen LogP contribution in [-0.2, 0) is 6.42 Å².